The second-order valence-electron chi connectivity index (χ2n) is 4.81. The van der Waals surface area contributed by atoms with Crippen molar-refractivity contribution in [3.63, 3.8) is 0 Å². The number of hydrogen-bond donors (Lipinski definition) is 1. The van der Waals surface area contributed by atoms with Gasteiger partial charge in [-0.2, -0.15) is 0 Å². The molecule has 0 aromatic heterocycles. The van der Waals surface area contributed by atoms with Crippen molar-refractivity contribution in [2.24, 2.45) is 0 Å². The summed E-state index contributed by atoms with van der Waals surface area (Å²) in [5.41, 5.74) is 1.30. The van der Waals surface area contributed by atoms with Crippen LogP contribution in [-0.2, 0) is 4.79 Å². The lowest BCUT2D eigenvalue weighted by molar-refractivity contribution is -0.118. The topological polar surface area (TPSA) is 46.2 Å². The highest BCUT2D eigenvalue weighted by Gasteiger charge is 2.13. The zero-order chi connectivity index (χ0) is 15.1. The molecule has 0 bridgehead atoms. The van der Waals surface area contributed by atoms with E-state index in [0.717, 1.165) is 12.8 Å². The number of rotatable bonds is 8. The molecule has 3 nitrogen and oxygen atoms in total. The first-order chi connectivity index (χ1) is 9.45. The summed E-state index contributed by atoms with van der Waals surface area (Å²) >= 11 is 6.09. The summed E-state index contributed by atoms with van der Waals surface area (Å²) in [6.45, 7) is 5.52. The Hall–Kier alpha value is -0.920. The molecular formula is C15H21ClNO2P. The molecule has 2 unspecified atom stereocenters. The molecule has 0 aliphatic rings. The van der Waals surface area contributed by atoms with Gasteiger partial charge in [0.05, 0.1) is 16.4 Å². The lowest BCUT2D eigenvalue weighted by Gasteiger charge is -2.14. The van der Waals surface area contributed by atoms with E-state index in [2.05, 4.69) is 12.0 Å². The van der Waals surface area contributed by atoms with Gasteiger partial charge in [-0.1, -0.05) is 31.9 Å². The van der Waals surface area contributed by atoms with Crippen molar-refractivity contribution in [1.29, 1.82) is 0 Å². The molecule has 0 radical (unpaired) electrons. The second kappa shape index (κ2) is 8.39. The summed E-state index contributed by atoms with van der Waals surface area (Å²) in [6, 6.07) is 5.14. The Balaban J connectivity index is 2.62. The smallest absolute Gasteiger partial charge is 0.159 e. The molecule has 1 N–H and O–H groups in total. The number of nitrogens with one attached hydrogen (secondary N) is 1. The number of hydrogen-bond acceptors (Lipinski definition) is 3. The molecule has 0 aliphatic carbocycles. The van der Waals surface area contributed by atoms with Crippen molar-refractivity contribution in [3.8, 4) is 0 Å². The van der Waals surface area contributed by atoms with E-state index in [4.69, 9.17) is 11.6 Å². The van der Waals surface area contributed by atoms with Gasteiger partial charge >= 0.3 is 0 Å². The number of ketones is 2. The first-order valence-electron chi connectivity index (χ1n) is 6.80. The van der Waals surface area contributed by atoms with Crippen LogP contribution in [0.25, 0.3) is 0 Å². The molecule has 0 spiro atoms. The number of benzene rings is 1. The number of unbranched alkanes of at least 4 members (excludes halogenated alkanes) is 1. The van der Waals surface area contributed by atoms with Crippen molar-refractivity contribution in [2.75, 3.05) is 5.09 Å². The fourth-order valence-corrected chi connectivity index (χ4v) is 2.80. The number of anilines is 1. The predicted octanol–water partition coefficient (Wildman–Crippen LogP) is 4.70. The Morgan fingerprint density at radius 2 is 2.10 bits per heavy atom. The van der Waals surface area contributed by atoms with Crippen LogP contribution in [0.5, 0.6) is 0 Å². The SMILES string of the molecule is CCCCC(=O)C(C)PNc1cc(C(C)=O)ccc1Cl. The molecule has 0 saturated heterocycles. The van der Waals surface area contributed by atoms with Crippen LogP contribution < -0.4 is 5.09 Å². The van der Waals surface area contributed by atoms with Gasteiger partial charge in [-0.3, -0.25) is 9.59 Å². The summed E-state index contributed by atoms with van der Waals surface area (Å²) in [5.74, 6) is 0.275. The summed E-state index contributed by atoms with van der Waals surface area (Å²) in [5, 5.41) is 3.75. The number of halogens is 1. The zero-order valence-corrected chi connectivity index (χ0v) is 13.9. The van der Waals surface area contributed by atoms with E-state index < -0.39 is 0 Å². The maximum Gasteiger partial charge on any atom is 0.159 e. The van der Waals surface area contributed by atoms with Gasteiger partial charge < -0.3 is 5.09 Å². The Morgan fingerprint density at radius 1 is 1.40 bits per heavy atom. The Kier molecular flexibility index (Phi) is 7.18. The molecule has 2 atom stereocenters. The minimum Gasteiger partial charge on any atom is -0.365 e. The summed E-state index contributed by atoms with van der Waals surface area (Å²) in [4.78, 5) is 23.2. The van der Waals surface area contributed by atoms with Gasteiger partial charge in [0, 0.05) is 12.0 Å². The van der Waals surface area contributed by atoms with Gasteiger partial charge in [0.25, 0.3) is 0 Å². The third-order valence-electron chi connectivity index (χ3n) is 3.06. The van der Waals surface area contributed by atoms with Gasteiger partial charge in [-0.15, -0.1) is 0 Å². The Morgan fingerprint density at radius 3 is 2.70 bits per heavy atom. The fourth-order valence-electron chi connectivity index (χ4n) is 1.67. The molecule has 0 heterocycles. The first-order valence-corrected chi connectivity index (χ1v) is 8.26. The van der Waals surface area contributed by atoms with Gasteiger partial charge in [0.2, 0.25) is 0 Å². The van der Waals surface area contributed by atoms with Gasteiger partial charge in [-0.05, 0) is 40.3 Å². The van der Waals surface area contributed by atoms with Crippen LogP contribution in [0.15, 0.2) is 18.2 Å². The lowest BCUT2D eigenvalue weighted by atomic mass is 10.1. The fraction of sp³-hybridized carbons (Fsp3) is 0.467. The van der Waals surface area contributed by atoms with E-state index >= 15 is 0 Å². The molecule has 20 heavy (non-hydrogen) atoms. The second-order valence-corrected chi connectivity index (χ2v) is 6.62. The molecule has 1 rings (SSSR count). The van der Waals surface area contributed by atoms with Crippen molar-refractivity contribution >= 4 is 37.6 Å². The minimum absolute atomic E-state index is 0.000112. The van der Waals surface area contributed by atoms with Crippen LogP contribution in [0, 0.1) is 0 Å². The molecule has 110 valence electrons. The van der Waals surface area contributed by atoms with E-state index in [1.54, 1.807) is 18.2 Å². The molecular weight excluding hydrogens is 293 g/mol. The highest BCUT2D eigenvalue weighted by Crippen LogP contribution is 2.30. The summed E-state index contributed by atoms with van der Waals surface area (Å²) in [7, 11) is 0.266. The normalized spacial score (nSPS) is 12.6. The molecule has 1 aromatic carbocycles. The largest absolute Gasteiger partial charge is 0.365 e. The third kappa shape index (κ3) is 5.22. The van der Waals surface area contributed by atoms with E-state index in [1.165, 1.54) is 6.92 Å². The van der Waals surface area contributed by atoms with Gasteiger partial charge in [-0.25, -0.2) is 0 Å². The zero-order valence-electron chi connectivity index (χ0n) is 12.1. The van der Waals surface area contributed by atoms with Crippen LogP contribution in [0.2, 0.25) is 5.02 Å². The van der Waals surface area contributed by atoms with Gasteiger partial charge in [0.15, 0.2) is 5.78 Å². The lowest BCUT2D eigenvalue weighted by Crippen LogP contribution is -2.13. The standard InChI is InChI=1S/C15H21ClNO2P/c1-4-5-6-15(19)11(3)20-17-14-9-12(10(2)18)7-8-13(14)16/h7-9,11,17,20H,4-6H2,1-3H3. The van der Waals surface area contributed by atoms with Crippen molar-refractivity contribution in [2.45, 2.75) is 45.7 Å². The van der Waals surface area contributed by atoms with Crippen LogP contribution in [-0.4, -0.2) is 17.2 Å². The van der Waals surface area contributed by atoms with Crippen molar-refractivity contribution in [3.05, 3.63) is 28.8 Å². The van der Waals surface area contributed by atoms with Crippen molar-refractivity contribution in [1.82, 2.24) is 0 Å². The number of carbonyl (C=O) groups excluding carboxylic acids is 2. The molecule has 0 aliphatic heterocycles. The average molecular weight is 314 g/mol. The maximum atomic E-state index is 11.9. The van der Waals surface area contributed by atoms with Crippen LogP contribution in [0.4, 0.5) is 5.69 Å². The summed E-state index contributed by atoms with van der Waals surface area (Å²) in [6.07, 6.45) is 2.60. The highest BCUT2D eigenvalue weighted by atomic mass is 35.5. The number of Topliss-reactive ketones (excluding diaryl/α,β-unsaturated/α-hetero) is 2. The quantitative estimate of drug-likeness (QED) is 0.559. The molecule has 0 amide bonds. The van der Waals surface area contributed by atoms with Crippen LogP contribution in [0.1, 0.15) is 50.4 Å². The molecule has 0 saturated carbocycles. The Labute approximate surface area is 127 Å². The molecule has 0 fully saturated rings. The van der Waals surface area contributed by atoms with E-state index in [0.29, 0.717) is 22.7 Å². The minimum atomic E-state index is -0.0291. The van der Waals surface area contributed by atoms with Crippen LogP contribution in [0.3, 0.4) is 0 Å². The number of carbonyl (C=O) groups is 2. The predicted molar refractivity (Wildman–Crippen MR) is 87.4 cm³/mol. The third-order valence-corrected chi connectivity index (χ3v) is 4.55. The molecule has 5 heteroatoms. The van der Waals surface area contributed by atoms with Crippen LogP contribution >= 0.6 is 20.3 Å². The Bertz CT molecular complexity index is 491. The van der Waals surface area contributed by atoms with Crippen molar-refractivity contribution < 1.29 is 9.59 Å². The van der Waals surface area contributed by atoms with E-state index in [1.807, 2.05) is 6.92 Å². The molecule has 1 aromatic rings. The van der Waals surface area contributed by atoms with Gasteiger partial charge in [0.1, 0.15) is 5.78 Å². The van der Waals surface area contributed by atoms with E-state index in [-0.39, 0.29) is 26.0 Å². The monoisotopic (exact) mass is 313 g/mol. The maximum absolute atomic E-state index is 11.9. The first kappa shape index (κ1) is 17.1. The average Bonchev–Trinajstić information content (AvgIpc) is 2.43. The van der Waals surface area contributed by atoms with E-state index in [9.17, 15) is 9.59 Å². The summed E-state index contributed by atoms with van der Waals surface area (Å²) < 4.78 is 0. The highest BCUT2D eigenvalue weighted by molar-refractivity contribution is 7.42.